The first-order valence-electron chi connectivity index (χ1n) is 9.55. The summed E-state index contributed by atoms with van der Waals surface area (Å²) in [6, 6.07) is 14.3. The number of amides is 1. The number of carbonyl (C=O) groups excluding carboxylic acids is 1. The Balaban J connectivity index is 2.01. The first-order chi connectivity index (χ1) is 13.4. The average Bonchev–Trinajstić information content (AvgIpc) is 2.64. The highest BCUT2D eigenvalue weighted by atomic mass is 16.4. The maximum Gasteiger partial charge on any atom is 0.343 e. The van der Waals surface area contributed by atoms with E-state index >= 15 is 0 Å². The second kappa shape index (κ2) is 8.30. The predicted octanol–water partition coefficient (Wildman–Crippen LogP) is 5.03. The Kier molecular flexibility index (Phi) is 5.83. The Morgan fingerprint density at radius 3 is 2.61 bits per heavy atom. The van der Waals surface area contributed by atoms with Crippen LogP contribution in [0, 0.1) is 5.92 Å². The van der Waals surface area contributed by atoms with E-state index < -0.39 is 5.63 Å². The van der Waals surface area contributed by atoms with Crippen LogP contribution in [-0.2, 0) is 4.79 Å². The third kappa shape index (κ3) is 4.09. The molecule has 0 radical (unpaired) electrons. The van der Waals surface area contributed by atoms with Gasteiger partial charge in [-0.25, -0.2) is 4.79 Å². The van der Waals surface area contributed by atoms with Gasteiger partial charge in [0.1, 0.15) is 11.3 Å². The Labute approximate surface area is 164 Å². The molecular formula is C23H25NO4. The molecule has 1 unspecified atom stereocenters. The van der Waals surface area contributed by atoms with Crippen molar-refractivity contribution in [1.29, 1.82) is 0 Å². The quantitative estimate of drug-likeness (QED) is 0.589. The summed E-state index contributed by atoms with van der Waals surface area (Å²) in [4.78, 5) is 24.7. The van der Waals surface area contributed by atoms with Gasteiger partial charge in [0.15, 0.2) is 0 Å². The summed E-state index contributed by atoms with van der Waals surface area (Å²) in [5, 5.41) is 14.2. The molecule has 0 bridgehead atoms. The Hall–Kier alpha value is -3.08. The first kappa shape index (κ1) is 19.7. The van der Waals surface area contributed by atoms with E-state index in [1.54, 1.807) is 24.3 Å². The third-order valence-corrected chi connectivity index (χ3v) is 4.74. The second-order valence-electron chi connectivity index (χ2n) is 7.38. The lowest BCUT2D eigenvalue weighted by molar-refractivity contribution is -0.116. The van der Waals surface area contributed by atoms with Crippen LogP contribution in [0.3, 0.4) is 0 Å². The average molecular weight is 379 g/mol. The first-order valence-corrected chi connectivity index (χ1v) is 9.55. The van der Waals surface area contributed by atoms with Gasteiger partial charge in [-0.3, -0.25) is 4.79 Å². The lowest BCUT2D eigenvalue weighted by Gasteiger charge is -2.18. The predicted molar refractivity (Wildman–Crippen MR) is 111 cm³/mol. The van der Waals surface area contributed by atoms with Gasteiger partial charge in [0.05, 0.1) is 10.9 Å². The van der Waals surface area contributed by atoms with Crippen molar-refractivity contribution in [2.24, 2.45) is 5.92 Å². The minimum atomic E-state index is -0.544. The van der Waals surface area contributed by atoms with E-state index in [0.29, 0.717) is 29.5 Å². The van der Waals surface area contributed by atoms with E-state index in [9.17, 15) is 14.7 Å². The van der Waals surface area contributed by atoms with Crippen LogP contribution in [0.25, 0.3) is 11.0 Å². The lowest BCUT2D eigenvalue weighted by Crippen LogP contribution is -2.16. The van der Waals surface area contributed by atoms with Gasteiger partial charge in [-0.05, 0) is 42.2 Å². The fourth-order valence-electron chi connectivity index (χ4n) is 3.48. The van der Waals surface area contributed by atoms with Crippen molar-refractivity contribution in [1.82, 2.24) is 0 Å². The zero-order chi connectivity index (χ0) is 20.3. The highest BCUT2D eigenvalue weighted by Gasteiger charge is 2.23. The van der Waals surface area contributed by atoms with Crippen molar-refractivity contribution in [2.75, 3.05) is 5.32 Å². The van der Waals surface area contributed by atoms with Gasteiger partial charge in [-0.1, -0.05) is 45.0 Å². The van der Waals surface area contributed by atoms with Crippen LogP contribution in [0.2, 0.25) is 0 Å². The van der Waals surface area contributed by atoms with Crippen LogP contribution in [0.4, 0.5) is 5.69 Å². The number of nitrogens with one attached hydrogen (secondary N) is 1. The van der Waals surface area contributed by atoms with Crippen molar-refractivity contribution in [3.05, 3.63) is 70.1 Å². The summed E-state index contributed by atoms with van der Waals surface area (Å²) in [6.07, 6.45) is 1.04. The molecule has 5 nitrogen and oxygen atoms in total. The number of hydrogen-bond donors (Lipinski definition) is 2. The highest BCUT2D eigenvalue weighted by Crippen LogP contribution is 2.36. The van der Waals surface area contributed by atoms with Crippen molar-refractivity contribution in [2.45, 2.75) is 39.5 Å². The highest BCUT2D eigenvalue weighted by molar-refractivity contribution is 5.91. The Morgan fingerprint density at radius 2 is 1.89 bits per heavy atom. The van der Waals surface area contributed by atoms with Crippen molar-refractivity contribution < 1.29 is 14.3 Å². The fourth-order valence-corrected chi connectivity index (χ4v) is 3.48. The summed E-state index contributed by atoms with van der Waals surface area (Å²) < 4.78 is 5.43. The smallest absolute Gasteiger partial charge is 0.343 e. The number of anilines is 1. The van der Waals surface area contributed by atoms with Crippen molar-refractivity contribution >= 4 is 22.6 Å². The molecule has 0 aliphatic carbocycles. The number of carbonyl (C=O) groups is 1. The maximum atomic E-state index is 12.6. The molecule has 3 aromatic rings. The minimum Gasteiger partial charge on any atom is -0.507 e. The van der Waals surface area contributed by atoms with Crippen LogP contribution < -0.4 is 10.9 Å². The van der Waals surface area contributed by atoms with Crippen molar-refractivity contribution in [3.8, 4) is 5.75 Å². The molecular weight excluding hydrogens is 354 g/mol. The largest absolute Gasteiger partial charge is 0.507 e. The summed E-state index contributed by atoms with van der Waals surface area (Å²) in [7, 11) is 0. The molecule has 28 heavy (non-hydrogen) atoms. The van der Waals surface area contributed by atoms with E-state index in [1.807, 2.05) is 45.0 Å². The molecule has 2 N–H and O–H groups in total. The number of aromatic hydroxyl groups is 1. The van der Waals surface area contributed by atoms with E-state index in [-0.39, 0.29) is 29.1 Å². The van der Waals surface area contributed by atoms with Gasteiger partial charge in [0, 0.05) is 18.0 Å². The minimum absolute atomic E-state index is 0.0479. The fraction of sp³-hybridized carbons (Fsp3) is 0.304. The number of hydrogen-bond acceptors (Lipinski definition) is 4. The summed E-state index contributed by atoms with van der Waals surface area (Å²) >= 11 is 0. The summed E-state index contributed by atoms with van der Waals surface area (Å²) in [6.45, 7) is 5.93. The van der Waals surface area contributed by atoms with Crippen LogP contribution >= 0.6 is 0 Å². The Bertz CT molecular complexity index is 1050. The number of para-hydroxylation sites is 1. The van der Waals surface area contributed by atoms with Gasteiger partial charge >= 0.3 is 5.63 Å². The topological polar surface area (TPSA) is 79.5 Å². The molecule has 5 heteroatoms. The van der Waals surface area contributed by atoms with Crippen LogP contribution in [0.5, 0.6) is 5.75 Å². The maximum absolute atomic E-state index is 12.6. The Morgan fingerprint density at radius 1 is 1.14 bits per heavy atom. The molecule has 146 valence electrons. The van der Waals surface area contributed by atoms with Gasteiger partial charge in [0.25, 0.3) is 0 Å². The van der Waals surface area contributed by atoms with Gasteiger partial charge in [-0.15, -0.1) is 0 Å². The molecule has 0 saturated heterocycles. The van der Waals surface area contributed by atoms with E-state index in [0.717, 1.165) is 5.56 Å². The molecule has 1 atom stereocenters. The molecule has 1 heterocycles. The SMILES string of the molecule is CCC(c1cccc(NC(=O)CC(C)C)c1)c1c(O)c2ccccc2oc1=O. The molecule has 0 aliphatic heterocycles. The number of benzene rings is 2. The third-order valence-electron chi connectivity index (χ3n) is 4.74. The zero-order valence-electron chi connectivity index (χ0n) is 16.4. The molecule has 2 aromatic carbocycles. The van der Waals surface area contributed by atoms with E-state index in [4.69, 9.17) is 4.42 Å². The number of fused-ring (bicyclic) bond motifs is 1. The molecule has 3 rings (SSSR count). The molecule has 0 spiro atoms. The molecule has 1 aromatic heterocycles. The summed E-state index contributed by atoms with van der Waals surface area (Å²) in [5.74, 6) is -0.172. The van der Waals surface area contributed by atoms with Gasteiger partial charge in [-0.2, -0.15) is 0 Å². The van der Waals surface area contributed by atoms with Crippen LogP contribution in [0.15, 0.2) is 57.7 Å². The van der Waals surface area contributed by atoms with Crippen LogP contribution in [0.1, 0.15) is 50.7 Å². The molecule has 0 aliphatic rings. The van der Waals surface area contributed by atoms with Gasteiger partial charge in [0.2, 0.25) is 5.91 Å². The molecule has 1 amide bonds. The molecule has 0 saturated carbocycles. The van der Waals surface area contributed by atoms with Gasteiger partial charge < -0.3 is 14.8 Å². The molecule has 0 fully saturated rings. The standard InChI is InChI=1S/C23H25NO4/c1-4-17(15-8-7-9-16(13-15)24-20(25)12-14(2)3)21-22(26)18-10-5-6-11-19(18)28-23(21)27/h5-11,13-14,17,26H,4,12H2,1-3H3,(H,24,25). The normalized spacial score (nSPS) is 12.3. The van der Waals surface area contributed by atoms with Crippen LogP contribution in [-0.4, -0.2) is 11.0 Å². The van der Waals surface area contributed by atoms with E-state index in [1.165, 1.54) is 0 Å². The van der Waals surface area contributed by atoms with E-state index in [2.05, 4.69) is 5.32 Å². The number of rotatable bonds is 6. The second-order valence-corrected chi connectivity index (χ2v) is 7.38. The monoisotopic (exact) mass is 379 g/mol. The summed E-state index contributed by atoms with van der Waals surface area (Å²) in [5.41, 5.74) is 1.57. The zero-order valence-corrected chi connectivity index (χ0v) is 16.4. The lowest BCUT2D eigenvalue weighted by atomic mass is 9.88. The van der Waals surface area contributed by atoms with Crippen molar-refractivity contribution in [3.63, 3.8) is 0 Å².